The molecule has 1 aliphatic heterocycles. The molecule has 0 N–H and O–H groups in total. The van der Waals surface area contributed by atoms with Crippen LogP contribution in [-0.4, -0.2) is 35.1 Å². The number of para-hydroxylation sites is 1. The van der Waals surface area contributed by atoms with E-state index in [1.807, 2.05) is 24.3 Å². The van der Waals surface area contributed by atoms with Crippen molar-refractivity contribution in [3.05, 3.63) is 111 Å². The van der Waals surface area contributed by atoms with Crippen molar-refractivity contribution >= 4 is 16.6 Å². The standard InChI is InChI=1S/C29H26F2N4O/c1-19-18-34(28-24-5-3-4-6-26(24)33(2)29(36)25(28)17-32)15-16-35(19)27(20-7-11-22(30)12-8-20)21-9-13-23(31)14-10-21/h3-14,19,27H,15-16,18H2,1-2H3. The number of fused-ring (bicyclic) bond motifs is 1. The van der Waals surface area contributed by atoms with Gasteiger partial charge in [0, 0.05) is 38.1 Å². The van der Waals surface area contributed by atoms with Crippen molar-refractivity contribution in [3.8, 4) is 6.07 Å². The van der Waals surface area contributed by atoms with E-state index < -0.39 is 0 Å². The summed E-state index contributed by atoms with van der Waals surface area (Å²) in [5.74, 6) is -0.618. The van der Waals surface area contributed by atoms with Crippen LogP contribution in [0.25, 0.3) is 10.9 Å². The van der Waals surface area contributed by atoms with Gasteiger partial charge in [0.15, 0.2) is 0 Å². The SMILES string of the molecule is CC1CN(c2c(C#N)c(=O)n(C)c3ccccc23)CCN1C(c1ccc(F)cc1)c1ccc(F)cc1. The zero-order chi connectivity index (χ0) is 25.4. The van der Waals surface area contributed by atoms with Gasteiger partial charge in [0.1, 0.15) is 23.3 Å². The molecule has 0 spiro atoms. The maximum atomic E-state index is 13.7. The molecule has 2 heterocycles. The number of nitrogens with zero attached hydrogens (tertiary/aromatic N) is 4. The molecule has 1 saturated heterocycles. The number of rotatable bonds is 4. The van der Waals surface area contributed by atoms with E-state index in [2.05, 4.69) is 22.8 Å². The molecule has 4 aromatic rings. The molecule has 1 unspecified atom stereocenters. The summed E-state index contributed by atoms with van der Waals surface area (Å²) >= 11 is 0. The predicted molar refractivity (Wildman–Crippen MR) is 137 cm³/mol. The molecule has 0 aliphatic carbocycles. The third kappa shape index (κ3) is 4.14. The third-order valence-electron chi connectivity index (χ3n) is 7.09. The number of aromatic nitrogens is 1. The molecular weight excluding hydrogens is 458 g/mol. The second kappa shape index (κ2) is 9.56. The first-order valence-electron chi connectivity index (χ1n) is 11.9. The van der Waals surface area contributed by atoms with E-state index in [9.17, 15) is 18.8 Å². The molecule has 1 atom stereocenters. The summed E-state index contributed by atoms with van der Waals surface area (Å²) in [7, 11) is 1.69. The van der Waals surface area contributed by atoms with Gasteiger partial charge < -0.3 is 9.47 Å². The lowest BCUT2D eigenvalue weighted by Gasteiger charge is -2.45. The molecule has 5 rings (SSSR count). The maximum absolute atomic E-state index is 13.7. The second-order valence-electron chi connectivity index (χ2n) is 9.26. The summed E-state index contributed by atoms with van der Waals surface area (Å²) in [6.45, 7) is 3.91. The molecule has 182 valence electrons. The van der Waals surface area contributed by atoms with Gasteiger partial charge in [0.25, 0.3) is 5.56 Å². The van der Waals surface area contributed by atoms with Crippen molar-refractivity contribution in [2.45, 2.75) is 19.0 Å². The van der Waals surface area contributed by atoms with Gasteiger partial charge in [-0.1, -0.05) is 42.5 Å². The average molecular weight is 485 g/mol. The van der Waals surface area contributed by atoms with Crippen LogP contribution in [0.3, 0.4) is 0 Å². The van der Waals surface area contributed by atoms with Crippen LogP contribution in [0.4, 0.5) is 14.5 Å². The summed E-state index contributed by atoms with van der Waals surface area (Å²) < 4.78 is 28.9. The fourth-order valence-corrected chi connectivity index (χ4v) is 5.33. The van der Waals surface area contributed by atoms with Crippen LogP contribution in [-0.2, 0) is 7.05 Å². The Morgan fingerprint density at radius 1 is 0.917 bits per heavy atom. The van der Waals surface area contributed by atoms with Gasteiger partial charge in [0.05, 0.1) is 17.2 Å². The van der Waals surface area contributed by atoms with E-state index in [-0.39, 0.29) is 34.8 Å². The van der Waals surface area contributed by atoms with Crippen LogP contribution in [0.1, 0.15) is 29.7 Å². The van der Waals surface area contributed by atoms with E-state index in [1.165, 1.54) is 28.8 Å². The maximum Gasteiger partial charge on any atom is 0.270 e. The molecule has 36 heavy (non-hydrogen) atoms. The van der Waals surface area contributed by atoms with E-state index in [0.29, 0.717) is 25.3 Å². The smallest absolute Gasteiger partial charge is 0.270 e. The summed E-state index contributed by atoms with van der Waals surface area (Å²) in [5.41, 5.74) is 3.12. The predicted octanol–water partition coefficient (Wildman–Crippen LogP) is 4.99. The highest BCUT2D eigenvalue weighted by Crippen LogP contribution is 2.35. The minimum atomic E-state index is -0.309. The van der Waals surface area contributed by atoms with Crippen LogP contribution >= 0.6 is 0 Å². The Kier molecular flexibility index (Phi) is 6.29. The monoisotopic (exact) mass is 484 g/mol. The van der Waals surface area contributed by atoms with Gasteiger partial charge in [-0.3, -0.25) is 9.69 Å². The number of anilines is 1. The van der Waals surface area contributed by atoms with Gasteiger partial charge in [-0.25, -0.2) is 8.78 Å². The third-order valence-corrected chi connectivity index (χ3v) is 7.09. The quantitative estimate of drug-likeness (QED) is 0.410. The Bertz CT molecular complexity index is 1460. The van der Waals surface area contributed by atoms with Crippen molar-refractivity contribution < 1.29 is 8.78 Å². The topological polar surface area (TPSA) is 52.3 Å². The van der Waals surface area contributed by atoms with Crippen molar-refractivity contribution in [3.63, 3.8) is 0 Å². The van der Waals surface area contributed by atoms with Gasteiger partial charge in [-0.15, -0.1) is 0 Å². The van der Waals surface area contributed by atoms with Gasteiger partial charge >= 0.3 is 0 Å². The first kappa shape index (κ1) is 23.7. The second-order valence-corrected chi connectivity index (χ2v) is 9.26. The summed E-state index contributed by atoms with van der Waals surface area (Å²) in [5, 5.41) is 10.8. The molecule has 0 radical (unpaired) electrons. The average Bonchev–Trinajstić information content (AvgIpc) is 2.89. The first-order chi connectivity index (χ1) is 17.4. The highest BCUT2D eigenvalue weighted by molar-refractivity contribution is 5.95. The fraction of sp³-hybridized carbons (Fsp3) is 0.241. The summed E-state index contributed by atoms with van der Waals surface area (Å²) in [6.07, 6.45) is 0. The highest BCUT2D eigenvalue weighted by Gasteiger charge is 2.33. The lowest BCUT2D eigenvalue weighted by atomic mass is 9.94. The van der Waals surface area contributed by atoms with Crippen LogP contribution in [0.15, 0.2) is 77.6 Å². The van der Waals surface area contributed by atoms with E-state index >= 15 is 0 Å². The molecule has 0 bridgehead atoms. The molecule has 1 aromatic heterocycles. The van der Waals surface area contributed by atoms with Gasteiger partial charge in [0.2, 0.25) is 0 Å². The van der Waals surface area contributed by atoms with E-state index in [4.69, 9.17) is 0 Å². The van der Waals surface area contributed by atoms with Gasteiger partial charge in [-0.2, -0.15) is 5.26 Å². The largest absolute Gasteiger partial charge is 0.367 e. The molecular formula is C29H26F2N4O. The van der Waals surface area contributed by atoms with Crippen molar-refractivity contribution in [1.29, 1.82) is 5.26 Å². The zero-order valence-electron chi connectivity index (χ0n) is 20.2. The van der Waals surface area contributed by atoms with Crippen LogP contribution in [0.2, 0.25) is 0 Å². The Hall–Kier alpha value is -4.02. The number of hydrogen-bond donors (Lipinski definition) is 0. The van der Waals surface area contributed by atoms with Crippen LogP contribution < -0.4 is 10.5 Å². The first-order valence-corrected chi connectivity index (χ1v) is 11.9. The number of halogens is 2. The normalized spacial score (nSPS) is 16.4. The van der Waals surface area contributed by atoms with E-state index in [0.717, 1.165) is 22.0 Å². The summed E-state index contributed by atoms with van der Waals surface area (Å²) in [6, 6.07) is 22.4. The molecule has 1 fully saturated rings. The van der Waals surface area contributed by atoms with Crippen LogP contribution in [0.5, 0.6) is 0 Å². The highest BCUT2D eigenvalue weighted by atomic mass is 19.1. The number of benzene rings is 3. The Labute approximate surface area is 208 Å². The van der Waals surface area contributed by atoms with Crippen molar-refractivity contribution in [2.75, 3.05) is 24.5 Å². The Morgan fingerprint density at radius 2 is 1.50 bits per heavy atom. The molecule has 7 heteroatoms. The minimum Gasteiger partial charge on any atom is -0.367 e. The lowest BCUT2D eigenvalue weighted by molar-refractivity contribution is 0.150. The van der Waals surface area contributed by atoms with E-state index in [1.54, 1.807) is 31.3 Å². The van der Waals surface area contributed by atoms with Gasteiger partial charge in [-0.05, 0) is 48.4 Å². The number of pyridine rings is 1. The van der Waals surface area contributed by atoms with Crippen molar-refractivity contribution in [1.82, 2.24) is 9.47 Å². The molecule has 0 saturated carbocycles. The number of aryl methyl sites for hydroxylation is 1. The molecule has 1 aliphatic rings. The zero-order valence-corrected chi connectivity index (χ0v) is 20.2. The molecule has 5 nitrogen and oxygen atoms in total. The fourth-order valence-electron chi connectivity index (χ4n) is 5.33. The Morgan fingerprint density at radius 3 is 2.06 bits per heavy atom. The van der Waals surface area contributed by atoms with Crippen molar-refractivity contribution in [2.24, 2.45) is 7.05 Å². The molecule has 3 aromatic carbocycles. The number of hydrogen-bond acceptors (Lipinski definition) is 4. The minimum absolute atomic E-state index is 0.0215. The van der Waals surface area contributed by atoms with Crippen LogP contribution in [0, 0.1) is 23.0 Å². The lowest BCUT2D eigenvalue weighted by Crippen LogP contribution is -2.53. The number of nitriles is 1. The number of piperazine rings is 1. The summed E-state index contributed by atoms with van der Waals surface area (Å²) in [4.78, 5) is 17.4. The Balaban J connectivity index is 1.54. The molecule has 0 amide bonds.